The Labute approximate surface area is 118 Å². The first kappa shape index (κ1) is 14.6. The Hall–Kier alpha value is -0.820. The van der Waals surface area contributed by atoms with Crippen LogP contribution in [0.5, 0.6) is 0 Å². The summed E-state index contributed by atoms with van der Waals surface area (Å²) in [6.45, 7) is 3.60. The van der Waals surface area contributed by atoms with Gasteiger partial charge in [-0.3, -0.25) is 4.72 Å². The van der Waals surface area contributed by atoms with E-state index < -0.39 is 10.2 Å². The van der Waals surface area contributed by atoms with Crippen LogP contribution in [-0.2, 0) is 21.4 Å². The molecule has 0 radical (unpaired) electrons. The molecule has 1 fully saturated rings. The Morgan fingerprint density at radius 3 is 2.63 bits per heavy atom. The maximum Gasteiger partial charge on any atom is 0.301 e. The number of ether oxygens (including phenoxy) is 1. The normalized spacial score (nSPS) is 17.4. The van der Waals surface area contributed by atoms with Crippen molar-refractivity contribution in [3.8, 4) is 0 Å². The fraction of sp³-hybridized carbons (Fsp3) is 0.500. The SMILES string of the molecule is CCc1ccc(NS(=O)(=O)N2CCOCC2)cc1Cl. The molecule has 1 aliphatic heterocycles. The predicted molar refractivity (Wildman–Crippen MR) is 75.8 cm³/mol. The maximum absolute atomic E-state index is 12.1. The van der Waals surface area contributed by atoms with E-state index in [4.69, 9.17) is 16.3 Å². The van der Waals surface area contributed by atoms with Gasteiger partial charge >= 0.3 is 10.2 Å². The second kappa shape index (κ2) is 6.09. The maximum atomic E-state index is 12.1. The molecule has 19 heavy (non-hydrogen) atoms. The average Bonchev–Trinajstić information content (AvgIpc) is 2.39. The highest BCUT2D eigenvalue weighted by Crippen LogP contribution is 2.22. The second-order valence-corrected chi connectivity index (χ2v) is 6.36. The lowest BCUT2D eigenvalue weighted by Gasteiger charge is -2.26. The highest BCUT2D eigenvalue weighted by Gasteiger charge is 2.24. The molecule has 0 saturated carbocycles. The van der Waals surface area contributed by atoms with Gasteiger partial charge in [0.1, 0.15) is 0 Å². The zero-order valence-electron chi connectivity index (χ0n) is 10.7. The lowest BCUT2D eigenvalue weighted by Crippen LogP contribution is -2.43. The van der Waals surface area contributed by atoms with Crippen molar-refractivity contribution in [2.45, 2.75) is 13.3 Å². The quantitative estimate of drug-likeness (QED) is 0.924. The number of benzene rings is 1. The first-order valence-electron chi connectivity index (χ1n) is 6.17. The van der Waals surface area contributed by atoms with Crippen LogP contribution in [-0.4, -0.2) is 39.0 Å². The van der Waals surface area contributed by atoms with E-state index in [9.17, 15) is 8.42 Å². The van der Waals surface area contributed by atoms with E-state index in [2.05, 4.69) is 4.72 Å². The highest BCUT2D eigenvalue weighted by molar-refractivity contribution is 7.90. The summed E-state index contributed by atoms with van der Waals surface area (Å²) < 4.78 is 33.3. The molecule has 0 atom stereocenters. The van der Waals surface area contributed by atoms with Crippen LogP contribution in [0.2, 0.25) is 5.02 Å². The molecule has 5 nitrogen and oxygen atoms in total. The van der Waals surface area contributed by atoms with Gasteiger partial charge in [0.2, 0.25) is 0 Å². The first-order chi connectivity index (χ1) is 9.03. The Balaban J connectivity index is 2.13. The van der Waals surface area contributed by atoms with E-state index in [-0.39, 0.29) is 0 Å². The van der Waals surface area contributed by atoms with Crippen LogP contribution in [0.4, 0.5) is 5.69 Å². The molecule has 1 aromatic carbocycles. The third-order valence-electron chi connectivity index (χ3n) is 2.99. The van der Waals surface area contributed by atoms with E-state index >= 15 is 0 Å². The van der Waals surface area contributed by atoms with Crippen molar-refractivity contribution in [2.24, 2.45) is 0 Å². The van der Waals surface area contributed by atoms with Crippen molar-refractivity contribution in [3.05, 3.63) is 28.8 Å². The molecule has 0 aromatic heterocycles. The van der Waals surface area contributed by atoms with Gasteiger partial charge in [0, 0.05) is 18.1 Å². The van der Waals surface area contributed by atoms with Crippen LogP contribution in [0.1, 0.15) is 12.5 Å². The Morgan fingerprint density at radius 1 is 1.37 bits per heavy atom. The van der Waals surface area contributed by atoms with Gasteiger partial charge in [-0.15, -0.1) is 0 Å². The molecule has 1 heterocycles. The summed E-state index contributed by atoms with van der Waals surface area (Å²) >= 11 is 6.08. The lowest BCUT2D eigenvalue weighted by atomic mass is 10.1. The van der Waals surface area contributed by atoms with Crippen molar-refractivity contribution in [2.75, 3.05) is 31.0 Å². The number of halogens is 1. The Bertz CT molecular complexity index is 542. The van der Waals surface area contributed by atoms with E-state index in [1.54, 1.807) is 12.1 Å². The van der Waals surface area contributed by atoms with Crippen molar-refractivity contribution >= 4 is 27.5 Å². The minimum absolute atomic E-state index is 0.371. The van der Waals surface area contributed by atoms with Crippen LogP contribution in [0.25, 0.3) is 0 Å². The van der Waals surface area contributed by atoms with Gasteiger partial charge in [-0.05, 0) is 24.1 Å². The predicted octanol–water partition coefficient (Wildman–Crippen LogP) is 1.89. The standard InChI is InChI=1S/C12H17ClN2O3S/c1-2-10-3-4-11(9-12(10)13)14-19(16,17)15-5-7-18-8-6-15/h3-4,9,14H,2,5-8H2,1H3. The zero-order valence-corrected chi connectivity index (χ0v) is 12.3. The molecule has 0 amide bonds. The minimum atomic E-state index is -3.53. The van der Waals surface area contributed by atoms with Crippen LogP contribution < -0.4 is 4.72 Å². The molecule has 1 saturated heterocycles. The summed E-state index contributed by atoms with van der Waals surface area (Å²) in [7, 11) is -3.53. The summed E-state index contributed by atoms with van der Waals surface area (Å²) in [5, 5.41) is 0.574. The summed E-state index contributed by atoms with van der Waals surface area (Å²) in [6, 6.07) is 5.20. The Morgan fingerprint density at radius 2 is 2.05 bits per heavy atom. The van der Waals surface area contributed by atoms with E-state index in [0.717, 1.165) is 12.0 Å². The van der Waals surface area contributed by atoms with E-state index in [0.29, 0.717) is 37.0 Å². The number of morpholine rings is 1. The molecule has 0 unspecified atom stereocenters. The Kier molecular flexibility index (Phi) is 4.67. The number of nitrogens with zero attached hydrogens (tertiary/aromatic N) is 1. The van der Waals surface area contributed by atoms with Gasteiger partial charge in [0.15, 0.2) is 0 Å². The van der Waals surface area contributed by atoms with Crippen LogP contribution >= 0.6 is 11.6 Å². The van der Waals surface area contributed by atoms with Crippen LogP contribution in [0.3, 0.4) is 0 Å². The van der Waals surface area contributed by atoms with Gasteiger partial charge in [-0.25, -0.2) is 0 Å². The van der Waals surface area contributed by atoms with Gasteiger partial charge in [-0.1, -0.05) is 24.6 Å². The second-order valence-electron chi connectivity index (χ2n) is 4.28. The first-order valence-corrected chi connectivity index (χ1v) is 7.99. The van der Waals surface area contributed by atoms with Gasteiger partial charge in [0.25, 0.3) is 0 Å². The van der Waals surface area contributed by atoms with Crippen LogP contribution in [0.15, 0.2) is 18.2 Å². The molecule has 106 valence electrons. The topological polar surface area (TPSA) is 58.6 Å². The van der Waals surface area contributed by atoms with E-state index in [1.165, 1.54) is 4.31 Å². The summed E-state index contributed by atoms with van der Waals surface area (Å²) in [5.74, 6) is 0. The lowest BCUT2D eigenvalue weighted by molar-refractivity contribution is 0.0733. The summed E-state index contributed by atoms with van der Waals surface area (Å²) in [5.41, 5.74) is 1.48. The highest BCUT2D eigenvalue weighted by atomic mass is 35.5. The summed E-state index contributed by atoms with van der Waals surface area (Å²) in [4.78, 5) is 0. The molecular formula is C12H17ClN2O3S. The molecule has 1 aliphatic rings. The largest absolute Gasteiger partial charge is 0.379 e. The molecular weight excluding hydrogens is 288 g/mol. The van der Waals surface area contributed by atoms with Crippen molar-refractivity contribution in [3.63, 3.8) is 0 Å². The molecule has 0 spiro atoms. The zero-order chi connectivity index (χ0) is 13.9. The average molecular weight is 305 g/mol. The van der Waals surface area contributed by atoms with Gasteiger partial charge in [-0.2, -0.15) is 12.7 Å². The molecule has 0 bridgehead atoms. The molecule has 1 N–H and O–H groups in total. The van der Waals surface area contributed by atoms with Crippen molar-refractivity contribution < 1.29 is 13.2 Å². The number of anilines is 1. The number of rotatable bonds is 4. The third-order valence-corrected chi connectivity index (χ3v) is 4.88. The monoisotopic (exact) mass is 304 g/mol. The van der Waals surface area contributed by atoms with Gasteiger partial charge in [0.05, 0.1) is 18.9 Å². The smallest absolute Gasteiger partial charge is 0.301 e. The van der Waals surface area contributed by atoms with Crippen molar-refractivity contribution in [1.29, 1.82) is 0 Å². The van der Waals surface area contributed by atoms with Crippen LogP contribution in [0, 0.1) is 0 Å². The molecule has 7 heteroatoms. The number of hydrogen-bond acceptors (Lipinski definition) is 3. The van der Waals surface area contributed by atoms with Gasteiger partial charge < -0.3 is 4.74 Å². The van der Waals surface area contributed by atoms with E-state index in [1.807, 2.05) is 13.0 Å². The fourth-order valence-electron chi connectivity index (χ4n) is 1.90. The molecule has 0 aliphatic carbocycles. The molecule has 1 aromatic rings. The third kappa shape index (κ3) is 3.60. The number of hydrogen-bond donors (Lipinski definition) is 1. The number of aryl methyl sites for hydroxylation is 1. The fourth-order valence-corrected chi connectivity index (χ4v) is 3.40. The minimum Gasteiger partial charge on any atom is -0.379 e. The summed E-state index contributed by atoms with van der Waals surface area (Å²) in [6.07, 6.45) is 0.815. The van der Waals surface area contributed by atoms with Crippen molar-refractivity contribution in [1.82, 2.24) is 4.31 Å². The molecule has 2 rings (SSSR count). The number of nitrogens with one attached hydrogen (secondary N) is 1.